The summed E-state index contributed by atoms with van der Waals surface area (Å²) in [6.07, 6.45) is -5.08. The molecule has 1 aliphatic heterocycles. The lowest BCUT2D eigenvalue weighted by Gasteiger charge is -2.32. The van der Waals surface area contributed by atoms with E-state index in [1.807, 2.05) is 6.92 Å². The molecule has 1 heterocycles. The average Bonchev–Trinajstić information content (AvgIpc) is 3.01. The molecule has 1 N–H and O–H groups in total. The summed E-state index contributed by atoms with van der Waals surface area (Å²) in [7, 11) is 0. The smallest absolute Gasteiger partial charge is 0.362 e. The van der Waals surface area contributed by atoms with Crippen molar-refractivity contribution in [2.45, 2.75) is 31.7 Å². The molecule has 0 aromatic heterocycles. The number of aryl methyl sites for hydroxylation is 1. The van der Waals surface area contributed by atoms with E-state index in [2.05, 4.69) is 5.10 Å². The van der Waals surface area contributed by atoms with Gasteiger partial charge >= 0.3 is 6.18 Å². The Balaban J connectivity index is 2.02. The minimum absolute atomic E-state index is 0.0109. The summed E-state index contributed by atoms with van der Waals surface area (Å²) in [4.78, 5) is 12.5. The predicted molar refractivity (Wildman–Crippen MR) is 90.6 cm³/mol. The second-order valence-corrected chi connectivity index (χ2v) is 6.07. The highest BCUT2D eigenvalue weighted by Crippen LogP contribution is 2.42. The maximum Gasteiger partial charge on any atom is 0.438 e. The average molecular weight is 362 g/mol. The van der Waals surface area contributed by atoms with Gasteiger partial charge in [-0.25, -0.2) is 0 Å². The highest BCUT2D eigenvalue weighted by molar-refractivity contribution is 6.05. The standard InChI is InChI=1S/C19H17F3N2O2/c1-2-13-8-10-14(11-9-13)16-12-18(26,19(20,21)22)24(23-16)17(25)15-6-4-3-5-7-15/h3-11,26H,2,12H2,1H3/t18-/m0/s1. The molecule has 0 saturated carbocycles. The van der Waals surface area contributed by atoms with Gasteiger partial charge in [-0.2, -0.15) is 23.3 Å². The molecule has 7 heteroatoms. The molecular formula is C19H17F3N2O2. The van der Waals surface area contributed by atoms with Crippen LogP contribution < -0.4 is 0 Å². The van der Waals surface area contributed by atoms with Crippen molar-refractivity contribution in [2.24, 2.45) is 5.10 Å². The number of halogens is 3. The van der Waals surface area contributed by atoms with E-state index in [1.165, 1.54) is 24.3 Å². The number of benzene rings is 2. The summed E-state index contributed by atoms with van der Waals surface area (Å²) < 4.78 is 40.7. The zero-order valence-corrected chi connectivity index (χ0v) is 14.0. The quantitative estimate of drug-likeness (QED) is 0.904. The van der Waals surface area contributed by atoms with Crippen molar-refractivity contribution >= 4 is 11.6 Å². The number of rotatable bonds is 3. The molecule has 0 spiro atoms. The van der Waals surface area contributed by atoms with Crippen LogP contribution in [0.4, 0.5) is 13.2 Å². The number of hydrogen-bond donors (Lipinski definition) is 1. The maximum absolute atomic E-state index is 13.6. The molecule has 0 unspecified atom stereocenters. The fourth-order valence-corrected chi connectivity index (χ4v) is 2.78. The van der Waals surface area contributed by atoms with Crippen LogP contribution in [0.25, 0.3) is 0 Å². The molecule has 0 aliphatic carbocycles. The number of carbonyl (C=O) groups excluding carboxylic acids is 1. The third-order valence-electron chi connectivity index (χ3n) is 4.35. The molecule has 1 atom stereocenters. The Kier molecular flexibility index (Phi) is 4.58. The number of hydrogen-bond acceptors (Lipinski definition) is 3. The van der Waals surface area contributed by atoms with Crippen LogP contribution in [0.5, 0.6) is 0 Å². The number of amides is 1. The second kappa shape index (κ2) is 6.57. The van der Waals surface area contributed by atoms with Crippen molar-refractivity contribution in [1.29, 1.82) is 0 Å². The largest absolute Gasteiger partial charge is 0.438 e. The zero-order valence-electron chi connectivity index (χ0n) is 14.0. The Morgan fingerprint density at radius 2 is 1.77 bits per heavy atom. The van der Waals surface area contributed by atoms with E-state index >= 15 is 0 Å². The van der Waals surface area contributed by atoms with Gasteiger partial charge < -0.3 is 5.11 Å². The van der Waals surface area contributed by atoms with E-state index in [4.69, 9.17) is 0 Å². The Morgan fingerprint density at radius 1 is 1.15 bits per heavy atom. The molecule has 26 heavy (non-hydrogen) atoms. The summed E-state index contributed by atoms with van der Waals surface area (Å²) >= 11 is 0. The molecule has 0 fully saturated rings. The molecule has 0 radical (unpaired) electrons. The molecule has 4 nitrogen and oxygen atoms in total. The zero-order chi connectivity index (χ0) is 18.9. The maximum atomic E-state index is 13.6. The van der Waals surface area contributed by atoms with E-state index in [0.29, 0.717) is 5.56 Å². The highest BCUT2D eigenvalue weighted by Gasteiger charge is 2.63. The number of carbonyl (C=O) groups is 1. The fraction of sp³-hybridized carbons (Fsp3) is 0.263. The van der Waals surface area contributed by atoms with Crippen LogP contribution in [0.2, 0.25) is 0 Å². The topological polar surface area (TPSA) is 52.9 Å². The Hall–Kier alpha value is -2.67. The van der Waals surface area contributed by atoms with Gasteiger partial charge in [-0.05, 0) is 29.7 Å². The summed E-state index contributed by atoms with van der Waals surface area (Å²) in [6, 6.07) is 14.3. The van der Waals surface area contributed by atoms with Crippen LogP contribution >= 0.6 is 0 Å². The summed E-state index contributed by atoms with van der Waals surface area (Å²) in [6.45, 7) is 1.96. The van der Waals surface area contributed by atoms with E-state index in [9.17, 15) is 23.1 Å². The minimum atomic E-state index is -5.05. The van der Waals surface area contributed by atoms with Gasteiger partial charge in [-0.15, -0.1) is 0 Å². The summed E-state index contributed by atoms with van der Waals surface area (Å²) in [5, 5.41) is 14.3. The third kappa shape index (κ3) is 3.10. The Morgan fingerprint density at radius 3 is 2.31 bits per heavy atom. The number of aliphatic hydroxyl groups is 1. The van der Waals surface area contributed by atoms with Crippen LogP contribution in [0.1, 0.15) is 34.8 Å². The second-order valence-electron chi connectivity index (χ2n) is 6.07. The molecule has 0 bridgehead atoms. The molecule has 0 saturated heterocycles. The third-order valence-corrected chi connectivity index (χ3v) is 4.35. The van der Waals surface area contributed by atoms with Gasteiger partial charge in [0.15, 0.2) is 0 Å². The normalized spacial score (nSPS) is 20.2. The molecule has 2 aromatic carbocycles. The van der Waals surface area contributed by atoms with E-state index < -0.39 is 24.2 Å². The van der Waals surface area contributed by atoms with E-state index in [-0.39, 0.29) is 16.3 Å². The summed E-state index contributed by atoms with van der Waals surface area (Å²) in [5.41, 5.74) is -1.89. The number of hydrazone groups is 1. The molecule has 1 aliphatic rings. The Labute approximate surface area is 148 Å². The first-order valence-corrected chi connectivity index (χ1v) is 8.12. The summed E-state index contributed by atoms with van der Waals surface area (Å²) in [5.74, 6) is -1.01. The van der Waals surface area contributed by atoms with E-state index in [1.54, 1.807) is 30.3 Å². The van der Waals surface area contributed by atoms with Gasteiger partial charge in [0.1, 0.15) is 0 Å². The van der Waals surface area contributed by atoms with Gasteiger partial charge in [0.05, 0.1) is 12.1 Å². The first kappa shape index (κ1) is 18.1. The van der Waals surface area contributed by atoms with Crippen LogP contribution in [-0.2, 0) is 6.42 Å². The molecule has 2 aromatic rings. The van der Waals surface area contributed by atoms with Gasteiger partial charge in [-0.1, -0.05) is 49.4 Å². The first-order valence-electron chi connectivity index (χ1n) is 8.12. The van der Waals surface area contributed by atoms with Crippen molar-refractivity contribution in [2.75, 3.05) is 0 Å². The van der Waals surface area contributed by atoms with Crippen LogP contribution in [0.3, 0.4) is 0 Å². The van der Waals surface area contributed by atoms with Crippen molar-refractivity contribution in [3.8, 4) is 0 Å². The number of nitrogens with zero attached hydrogens (tertiary/aromatic N) is 2. The highest BCUT2D eigenvalue weighted by atomic mass is 19.4. The molecule has 3 rings (SSSR count). The SMILES string of the molecule is CCc1ccc(C2=NN(C(=O)c3ccccc3)[C@@](O)(C(F)(F)F)C2)cc1. The van der Waals surface area contributed by atoms with Crippen molar-refractivity contribution in [1.82, 2.24) is 5.01 Å². The lowest BCUT2D eigenvalue weighted by atomic mass is 9.99. The number of alkyl halides is 3. The fourth-order valence-electron chi connectivity index (χ4n) is 2.78. The lowest BCUT2D eigenvalue weighted by Crippen LogP contribution is -2.56. The van der Waals surface area contributed by atoms with Crippen LogP contribution in [0.15, 0.2) is 59.7 Å². The first-order chi connectivity index (χ1) is 12.3. The van der Waals surface area contributed by atoms with E-state index in [0.717, 1.165) is 12.0 Å². The Bertz CT molecular complexity index is 832. The van der Waals surface area contributed by atoms with Gasteiger partial charge in [0, 0.05) is 5.56 Å². The lowest BCUT2D eigenvalue weighted by molar-refractivity contribution is -0.297. The van der Waals surface area contributed by atoms with Crippen LogP contribution in [0, 0.1) is 0 Å². The monoisotopic (exact) mass is 362 g/mol. The molecule has 136 valence electrons. The van der Waals surface area contributed by atoms with Gasteiger partial charge in [0.25, 0.3) is 11.6 Å². The van der Waals surface area contributed by atoms with Crippen molar-refractivity contribution in [3.63, 3.8) is 0 Å². The molecular weight excluding hydrogens is 345 g/mol. The van der Waals surface area contributed by atoms with Crippen molar-refractivity contribution in [3.05, 3.63) is 71.3 Å². The molecule has 1 amide bonds. The van der Waals surface area contributed by atoms with Gasteiger partial charge in [0.2, 0.25) is 0 Å². The van der Waals surface area contributed by atoms with Gasteiger partial charge in [-0.3, -0.25) is 4.79 Å². The van der Waals surface area contributed by atoms with Crippen LogP contribution in [-0.4, -0.2) is 33.6 Å². The predicted octanol–water partition coefficient (Wildman–Crippen LogP) is 3.75. The van der Waals surface area contributed by atoms with Crippen molar-refractivity contribution < 1.29 is 23.1 Å². The minimum Gasteiger partial charge on any atom is -0.362 e.